The van der Waals surface area contributed by atoms with Gasteiger partial charge in [0.1, 0.15) is 0 Å². The zero-order valence-electron chi connectivity index (χ0n) is 7.19. The lowest BCUT2D eigenvalue weighted by Crippen LogP contribution is -2.22. The van der Waals surface area contributed by atoms with Gasteiger partial charge < -0.3 is 5.32 Å². The summed E-state index contributed by atoms with van der Waals surface area (Å²) >= 11 is 0. The molecule has 0 atom stereocenters. The maximum Gasteiger partial charge on any atom is 0.0963 e. The normalized spacial score (nSPS) is 16.3. The molecule has 0 saturated carbocycles. The summed E-state index contributed by atoms with van der Waals surface area (Å²) in [7, 11) is 0. The lowest BCUT2D eigenvalue weighted by Gasteiger charge is -2.03. The van der Waals surface area contributed by atoms with Crippen LogP contribution in [-0.4, -0.2) is 18.9 Å². The molecule has 0 spiro atoms. The molecule has 0 aliphatic carbocycles. The Morgan fingerprint density at radius 3 is 3.09 bits per heavy atom. The van der Waals surface area contributed by atoms with E-state index in [2.05, 4.69) is 23.8 Å². The fourth-order valence-electron chi connectivity index (χ4n) is 1.10. The maximum absolute atomic E-state index is 4.31. The standard InChI is InChI=1S/C9H16N2/c1-8(2)5-7-11-9-4-3-6-10-9/h1,3-7H2,2H3,(H,10,11). The third kappa shape index (κ3) is 3.21. The Hall–Kier alpha value is -0.790. The second kappa shape index (κ2) is 4.16. The van der Waals surface area contributed by atoms with Crippen LogP contribution in [0.4, 0.5) is 0 Å². The summed E-state index contributed by atoms with van der Waals surface area (Å²) < 4.78 is 0. The summed E-state index contributed by atoms with van der Waals surface area (Å²) in [4.78, 5) is 4.31. The van der Waals surface area contributed by atoms with Crippen LogP contribution in [0, 0.1) is 0 Å². The molecule has 0 aromatic rings. The van der Waals surface area contributed by atoms with Crippen molar-refractivity contribution in [2.75, 3.05) is 13.1 Å². The molecule has 11 heavy (non-hydrogen) atoms. The molecule has 1 aliphatic rings. The Bertz CT molecular complexity index is 170. The monoisotopic (exact) mass is 152 g/mol. The van der Waals surface area contributed by atoms with Crippen molar-refractivity contribution in [2.45, 2.75) is 26.2 Å². The van der Waals surface area contributed by atoms with Crippen molar-refractivity contribution < 1.29 is 0 Å². The molecule has 2 heteroatoms. The Labute approximate surface area is 68.4 Å². The second-order valence-corrected chi connectivity index (χ2v) is 3.07. The van der Waals surface area contributed by atoms with E-state index in [0.717, 1.165) is 25.9 Å². The highest BCUT2D eigenvalue weighted by Crippen LogP contribution is 2.01. The van der Waals surface area contributed by atoms with Gasteiger partial charge in [-0.15, -0.1) is 6.58 Å². The van der Waals surface area contributed by atoms with Gasteiger partial charge in [-0.3, -0.25) is 4.99 Å². The topological polar surface area (TPSA) is 24.4 Å². The first-order valence-corrected chi connectivity index (χ1v) is 4.20. The van der Waals surface area contributed by atoms with Crippen molar-refractivity contribution >= 4 is 5.84 Å². The van der Waals surface area contributed by atoms with E-state index in [1.807, 2.05) is 0 Å². The quantitative estimate of drug-likeness (QED) is 0.612. The molecule has 62 valence electrons. The number of rotatable bonds is 3. The van der Waals surface area contributed by atoms with E-state index in [1.165, 1.54) is 17.8 Å². The van der Waals surface area contributed by atoms with Crippen LogP contribution in [-0.2, 0) is 0 Å². The van der Waals surface area contributed by atoms with Gasteiger partial charge in [-0.05, 0) is 19.8 Å². The van der Waals surface area contributed by atoms with Crippen LogP contribution in [0.25, 0.3) is 0 Å². The summed E-state index contributed by atoms with van der Waals surface area (Å²) in [6.45, 7) is 7.90. The number of hydrogen-bond acceptors (Lipinski definition) is 2. The highest BCUT2D eigenvalue weighted by molar-refractivity contribution is 5.83. The van der Waals surface area contributed by atoms with Crippen molar-refractivity contribution in [3.63, 3.8) is 0 Å². The smallest absolute Gasteiger partial charge is 0.0963 e. The number of nitrogens with zero attached hydrogens (tertiary/aromatic N) is 1. The average molecular weight is 152 g/mol. The van der Waals surface area contributed by atoms with Gasteiger partial charge in [-0.1, -0.05) is 5.57 Å². The van der Waals surface area contributed by atoms with E-state index < -0.39 is 0 Å². The predicted octanol–water partition coefficient (Wildman–Crippen LogP) is 1.73. The van der Waals surface area contributed by atoms with Gasteiger partial charge in [0.25, 0.3) is 0 Å². The molecule has 0 radical (unpaired) electrons. The average Bonchev–Trinajstić information content (AvgIpc) is 2.39. The SMILES string of the molecule is C=C(C)CCNC1=NCCC1. The number of hydrogen-bond donors (Lipinski definition) is 1. The highest BCUT2D eigenvalue weighted by Gasteiger charge is 2.03. The molecule has 0 aromatic heterocycles. The Kier molecular flexibility index (Phi) is 3.14. The van der Waals surface area contributed by atoms with Crippen LogP contribution >= 0.6 is 0 Å². The molecule has 0 unspecified atom stereocenters. The van der Waals surface area contributed by atoms with Crippen LogP contribution in [0.2, 0.25) is 0 Å². The second-order valence-electron chi connectivity index (χ2n) is 3.07. The predicted molar refractivity (Wildman–Crippen MR) is 49.0 cm³/mol. The third-order valence-electron chi connectivity index (χ3n) is 1.76. The Morgan fingerprint density at radius 1 is 1.73 bits per heavy atom. The maximum atomic E-state index is 4.31. The molecule has 1 heterocycles. The van der Waals surface area contributed by atoms with Crippen LogP contribution in [0.3, 0.4) is 0 Å². The Morgan fingerprint density at radius 2 is 2.55 bits per heavy atom. The van der Waals surface area contributed by atoms with Crippen LogP contribution in [0.15, 0.2) is 17.1 Å². The zero-order valence-corrected chi connectivity index (χ0v) is 7.19. The van der Waals surface area contributed by atoms with Crippen LogP contribution in [0.5, 0.6) is 0 Å². The molecule has 0 amide bonds. The summed E-state index contributed by atoms with van der Waals surface area (Å²) in [6, 6.07) is 0. The van der Waals surface area contributed by atoms with Crippen LogP contribution in [0.1, 0.15) is 26.2 Å². The van der Waals surface area contributed by atoms with E-state index in [-0.39, 0.29) is 0 Å². The molecule has 0 bridgehead atoms. The number of nitrogens with one attached hydrogen (secondary N) is 1. The molecule has 1 rings (SSSR count). The molecular weight excluding hydrogens is 136 g/mol. The first-order valence-electron chi connectivity index (χ1n) is 4.20. The molecule has 0 aromatic carbocycles. The molecule has 0 saturated heterocycles. The van der Waals surface area contributed by atoms with Gasteiger partial charge in [-0.2, -0.15) is 0 Å². The van der Waals surface area contributed by atoms with Gasteiger partial charge in [0.15, 0.2) is 0 Å². The van der Waals surface area contributed by atoms with Crippen molar-refractivity contribution in [1.29, 1.82) is 0 Å². The van der Waals surface area contributed by atoms with E-state index in [9.17, 15) is 0 Å². The minimum absolute atomic E-state index is 0.994. The van der Waals surface area contributed by atoms with Crippen LogP contribution < -0.4 is 5.32 Å². The lowest BCUT2D eigenvalue weighted by molar-refractivity contribution is 0.845. The van der Waals surface area contributed by atoms with Crippen molar-refractivity contribution in [1.82, 2.24) is 5.32 Å². The third-order valence-corrected chi connectivity index (χ3v) is 1.76. The van der Waals surface area contributed by atoms with Crippen molar-refractivity contribution in [3.8, 4) is 0 Å². The summed E-state index contributed by atoms with van der Waals surface area (Å²) in [5.74, 6) is 1.19. The first-order chi connectivity index (χ1) is 5.29. The van der Waals surface area contributed by atoms with E-state index in [1.54, 1.807) is 0 Å². The van der Waals surface area contributed by atoms with Crippen molar-refractivity contribution in [3.05, 3.63) is 12.2 Å². The molecule has 2 nitrogen and oxygen atoms in total. The Balaban J connectivity index is 2.07. The summed E-state index contributed by atoms with van der Waals surface area (Å²) in [5.41, 5.74) is 1.23. The fraction of sp³-hybridized carbons (Fsp3) is 0.667. The lowest BCUT2D eigenvalue weighted by atomic mass is 10.2. The van der Waals surface area contributed by atoms with Gasteiger partial charge in [0.2, 0.25) is 0 Å². The highest BCUT2D eigenvalue weighted by atomic mass is 15.0. The molecule has 1 aliphatic heterocycles. The van der Waals surface area contributed by atoms with Gasteiger partial charge in [-0.25, -0.2) is 0 Å². The van der Waals surface area contributed by atoms with Gasteiger partial charge in [0.05, 0.1) is 5.84 Å². The summed E-state index contributed by atoms with van der Waals surface area (Å²) in [6.07, 6.45) is 3.41. The van der Waals surface area contributed by atoms with E-state index in [4.69, 9.17) is 0 Å². The molecular formula is C9H16N2. The minimum atomic E-state index is 0.994. The fourth-order valence-corrected chi connectivity index (χ4v) is 1.10. The largest absolute Gasteiger partial charge is 0.374 e. The number of amidine groups is 1. The minimum Gasteiger partial charge on any atom is -0.374 e. The molecule has 1 N–H and O–H groups in total. The van der Waals surface area contributed by atoms with Gasteiger partial charge >= 0.3 is 0 Å². The number of aliphatic imine (C=N–C) groups is 1. The van der Waals surface area contributed by atoms with E-state index >= 15 is 0 Å². The first kappa shape index (κ1) is 8.31. The summed E-state index contributed by atoms with van der Waals surface area (Å²) in [5, 5.41) is 3.30. The van der Waals surface area contributed by atoms with Gasteiger partial charge in [0, 0.05) is 19.5 Å². The zero-order chi connectivity index (χ0) is 8.10. The van der Waals surface area contributed by atoms with E-state index in [0.29, 0.717) is 0 Å². The molecule has 0 fully saturated rings. The van der Waals surface area contributed by atoms with Crippen molar-refractivity contribution in [2.24, 2.45) is 4.99 Å².